The third kappa shape index (κ3) is 6.19. The van der Waals surface area contributed by atoms with E-state index >= 15 is 0 Å². The lowest BCUT2D eigenvalue weighted by atomic mass is 9.85. The van der Waals surface area contributed by atoms with Crippen molar-refractivity contribution in [2.75, 3.05) is 7.05 Å². The third-order valence-electron chi connectivity index (χ3n) is 5.38. The van der Waals surface area contributed by atoms with E-state index in [1.54, 1.807) is 0 Å². The summed E-state index contributed by atoms with van der Waals surface area (Å²) in [6.07, 6.45) is 17.8. The zero-order valence-electron chi connectivity index (χ0n) is 19.3. The van der Waals surface area contributed by atoms with Crippen LogP contribution in [-0.4, -0.2) is 13.3 Å². The van der Waals surface area contributed by atoms with Crippen LogP contribution in [0.15, 0.2) is 87.0 Å². The number of rotatable bonds is 8. The number of hydrogen-bond donors (Lipinski definition) is 0. The summed E-state index contributed by atoms with van der Waals surface area (Å²) in [7, 11) is 1.83. The summed E-state index contributed by atoms with van der Waals surface area (Å²) in [5.74, 6) is 0.879. The minimum absolute atomic E-state index is 0.344. The van der Waals surface area contributed by atoms with Crippen LogP contribution in [0, 0.1) is 11.8 Å². The molecular weight excluding hydrogens is 338 g/mol. The van der Waals surface area contributed by atoms with Gasteiger partial charge >= 0.3 is 0 Å². The molecule has 1 nitrogen and oxygen atoms in total. The quantitative estimate of drug-likeness (QED) is 0.300. The molecule has 0 spiro atoms. The van der Waals surface area contributed by atoms with E-state index in [0.29, 0.717) is 11.8 Å². The summed E-state index contributed by atoms with van der Waals surface area (Å²) in [6, 6.07) is 0. The minimum Gasteiger partial charge on any atom is -0.296 e. The Morgan fingerprint density at radius 3 is 2.43 bits per heavy atom. The Labute approximate surface area is 173 Å². The van der Waals surface area contributed by atoms with Crippen LogP contribution >= 0.6 is 0 Å². The van der Waals surface area contributed by atoms with Gasteiger partial charge in [-0.3, -0.25) is 4.99 Å². The molecule has 0 heterocycles. The minimum atomic E-state index is 0.344. The lowest BCUT2D eigenvalue weighted by Gasteiger charge is -2.19. The average molecular weight is 378 g/mol. The zero-order chi connectivity index (χ0) is 21.3. The highest BCUT2D eigenvalue weighted by atomic mass is 14.6. The van der Waals surface area contributed by atoms with Crippen LogP contribution in [-0.2, 0) is 0 Å². The second kappa shape index (κ2) is 11.6. The van der Waals surface area contributed by atoms with E-state index in [1.165, 1.54) is 27.9 Å². The maximum atomic E-state index is 4.32. The molecule has 0 radical (unpaired) electrons. The lowest BCUT2D eigenvalue weighted by Crippen LogP contribution is -2.03. The molecule has 2 unspecified atom stereocenters. The number of allylic oxidation sites excluding steroid dienone is 13. The molecule has 28 heavy (non-hydrogen) atoms. The van der Waals surface area contributed by atoms with Crippen LogP contribution in [0.3, 0.4) is 0 Å². The fourth-order valence-electron chi connectivity index (χ4n) is 3.59. The largest absolute Gasteiger partial charge is 0.296 e. The van der Waals surface area contributed by atoms with Gasteiger partial charge in [0.15, 0.2) is 0 Å². The Morgan fingerprint density at radius 1 is 1.25 bits per heavy atom. The smallest absolute Gasteiger partial charge is 0.0284 e. The molecule has 0 saturated carbocycles. The van der Waals surface area contributed by atoms with E-state index in [9.17, 15) is 0 Å². The molecule has 1 heteroatoms. The van der Waals surface area contributed by atoms with Crippen molar-refractivity contribution < 1.29 is 0 Å². The molecule has 152 valence electrons. The first-order chi connectivity index (χ1) is 13.3. The van der Waals surface area contributed by atoms with Crippen molar-refractivity contribution in [3.05, 3.63) is 82.0 Å². The van der Waals surface area contributed by atoms with Gasteiger partial charge in [-0.15, -0.1) is 0 Å². The van der Waals surface area contributed by atoms with Gasteiger partial charge in [-0.1, -0.05) is 75.8 Å². The molecule has 2 atom stereocenters. The van der Waals surface area contributed by atoms with Gasteiger partial charge in [0.1, 0.15) is 0 Å². The maximum Gasteiger partial charge on any atom is 0.0284 e. The second-order valence-corrected chi connectivity index (χ2v) is 7.75. The highest BCUT2D eigenvalue weighted by molar-refractivity contribution is 5.88. The predicted molar refractivity (Wildman–Crippen MR) is 128 cm³/mol. The van der Waals surface area contributed by atoms with Crippen LogP contribution in [0.5, 0.6) is 0 Å². The first kappa shape index (κ1) is 23.9. The van der Waals surface area contributed by atoms with E-state index in [4.69, 9.17) is 0 Å². The van der Waals surface area contributed by atoms with Gasteiger partial charge in [-0.05, 0) is 79.4 Å². The first-order valence-corrected chi connectivity index (χ1v) is 10.6. The van der Waals surface area contributed by atoms with Crippen LogP contribution < -0.4 is 0 Å². The third-order valence-corrected chi connectivity index (χ3v) is 5.38. The number of aliphatic imine (C=N–C) groups is 1. The topological polar surface area (TPSA) is 12.4 Å². The molecule has 0 bridgehead atoms. The molecule has 0 N–H and O–H groups in total. The van der Waals surface area contributed by atoms with Gasteiger partial charge in [0.2, 0.25) is 0 Å². The van der Waals surface area contributed by atoms with Crippen molar-refractivity contribution in [1.82, 2.24) is 0 Å². The van der Waals surface area contributed by atoms with Gasteiger partial charge in [0, 0.05) is 13.3 Å². The van der Waals surface area contributed by atoms with Crippen molar-refractivity contribution in [1.29, 1.82) is 0 Å². The van der Waals surface area contributed by atoms with Crippen LogP contribution in [0.2, 0.25) is 0 Å². The standard InChI is InChI=1S/C27H39N/c1-10-13-14-24-15-20(6)16-25(17-26(24)23(12-3)18-28-9)27(19(4)5)22(8)21(7)11-2/h12-18,20-21H,4,10-11H2,1-3,5-9H3/b14-13-,23-12+,27-22+,28-18-. The zero-order valence-corrected chi connectivity index (χ0v) is 19.3. The number of hydrogen-bond acceptors (Lipinski definition) is 1. The van der Waals surface area contributed by atoms with Crippen molar-refractivity contribution in [2.45, 2.75) is 61.3 Å². The Hall–Kier alpha value is -2.15. The molecule has 1 aliphatic rings. The van der Waals surface area contributed by atoms with Gasteiger partial charge in [-0.2, -0.15) is 0 Å². The van der Waals surface area contributed by atoms with Gasteiger partial charge in [0.25, 0.3) is 0 Å². The normalized spacial score (nSPS) is 20.5. The van der Waals surface area contributed by atoms with E-state index in [1.807, 2.05) is 13.3 Å². The average Bonchev–Trinajstić information content (AvgIpc) is 2.81. The monoisotopic (exact) mass is 377 g/mol. The first-order valence-electron chi connectivity index (χ1n) is 10.6. The molecule has 0 aromatic carbocycles. The molecule has 1 rings (SSSR count). The second-order valence-electron chi connectivity index (χ2n) is 7.75. The number of nitrogens with zero attached hydrogens (tertiary/aromatic N) is 1. The van der Waals surface area contributed by atoms with Gasteiger partial charge in [0.05, 0.1) is 0 Å². The van der Waals surface area contributed by atoms with E-state index in [0.717, 1.165) is 24.0 Å². The predicted octanol–water partition coefficient (Wildman–Crippen LogP) is 7.97. The molecule has 0 aliphatic heterocycles. The van der Waals surface area contributed by atoms with Crippen molar-refractivity contribution in [2.24, 2.45) is 16.8 Å². The fourth-order valence-corrected chi connectivity index (χ4v) is 3.59. The summed E-state index contributed by atoms with van der Waals surface area (Å²) < 4.78 is 0. The van der Waals surface area contributed by atoms with Gasteiger partial charge < -0.3 is 0 Å². The highest BCUT2D eigenvalue weighted by Crippen LogP contribution is 2.35. The Bertz CT molecular complexity index is 775. The summed E-state index contributed by atoms with van der Waals surface area (Å²) >= 11 is 0. The molecule has 0 amide bonds. The SMILES string of the molecule is C=C(C)/C(C1=CC(C)C=C(/C=C\CC)C(C(/C=N\C)=C/C)=C1)=C(/C)C(C)CC. The van der Waals surface area contributed by atoms with E-state index in [-0.39, 0.29) is 0 Å². The Balaban J connectivity index is 3.76. The summed E-state index contributed by atoms with van der Waals surface area (Å²) in [4.78, 5) is 4.29. The maximum absolute atomic E-state index is 4.32. The van der Waals surface area contributed by atoms with Crippen LogP contribution in [0.1, 0.15) is 61.3 Å². The molecule has 0 aromatic rings. The van der Waals surface area contributed by atoms with Crippen LogP contribution in [0.4, 0.5) is 0 Å². The van der Waals surface area contributed by atoms with E-state index in [2.05, 4.69) is 96.5 Å². The summed E-state index contributed by atoms with van der Waals surface area (Å²) in [5.41, 5.74) is 8.76. The molecular formula is C27H39N. The Morgan fingerprint density at radius 2 is 1.93 bits per heavy atom. The molecule has 0 fully saturated rings. The van der Waals surface area contributed by atoms with Crippen molar-refractivity contribution >= 4 is 6.21 Å². The Kier molecular flexibility index (Phi) is 9.93. The molecule has 1 aliphatic carbocycles. The van der Waals surface area contributed by atoms with Crippen molar-refractivity contribution in [3.63, 3.8) is 0 Å². The summed E-state index contributed by atoms with van der Waals surface area (Å²) in [6.45, 7) is 19.8. The van der Waals surface area contributed by atoms with Gasteiger partial charge in [-0.25, -0.2) is 0 Å². The fraction of sp³-hybridized carbons (Fsp3) is 0.444. The molecule has 0 saturated heterocycles. The van der Waals surface area contributed by atoms with E-state index < -0.39 is 0 Å². The summed E-state index contributed by atoms with van der Waals surface area (Å²) in [5, 5.41) is 0. The van der Waals surface area contributed by atoms with Crippen LogP contribution in [0.25, 0.3) is 0 Å². The highest BCUT2D eigenvalue weighted by Gasteiger charge is 2.18. The molecule has 0 aromatic heterocycles. The lowest BCUT2D eigenvalue weighted by molar-refractivity contribution is 0.650. The van der Waals surface area contributed by atoms with Crippen molar-refractivity contribution in [3.8, 4) is 0 Å².